The number of nitrogens with zero attached hydrogens (tertiary/aromatic N) is 1. The summed E-state index contributed by atoms with van der Waals surface area (Å²) in [6, 6.07) is 10.1. The predicted octanol–water partition coefficient (Wildman–Crippen LogP) is 1.73. The van der Waals surface area contributed by atoms with Crippen molar-refractivity contribution in [3.8, 4) is 16.9 Å². The van der Waals surface area contributed by atoms with E-state index in [1.54, 1.807) is 33.8 Å². The normalized spacial score (nSPS) is 14.7. The largest absolute Gasteiger partial charge is 0.496 e. The molecule has 0 saturated heterocycles. The Kier molecular flexibility index (Phi) is 8.26. The number of benzene rings is 2. The van der Waals surface area contributed by atoms with Crippen molar-refractivity contribution in [2.75, 3.05) is 7.11 Å². The summed E-state index contributed by atoms with van der Waals surface area (Å²) in [7, 11) is 1.53. The highest BCUT2D eigenvalue weighted by atomic mass is 19.1. The number of amides is 1. The highest BCUT2D eigenvalue weighted by Crippen LogP contribution is 2.30. The summed E-state index contributed by atoms with van der Waals surface area (Å²) in [5.41, 5.74) is 9.21. The Morgan fingerprint density at radius 3 is 2.46 bits per heavy atom. The first-order chi connectivity index (χ1) is 16.6. The number of carbonyl (C=O) groups excluding carboxylic acids is 2. The van der Waals surface area contributed by atoms with Gasteiger partial charge in [0.25, 0.3) is 0 Å². The Labute approximate surface area is 203 Å². The molecule has 0 spiro atoms. The van der Waals surface area contributed by atoms with Crippen LogP contribution in [0.15, 0.2) is 47.6 Å². The van der Waals surface area contributed by atoms with Crippen molar-refractivity contribution < 1.29 is 23.5 Å². The summed E-state index contributed by atoms with van der Waals surface area (Å²) in [6.45, 7) is 6.98. The highest BCUT2D eigenvalue weighted by Gasteiger charge is 2.28. The lowest BCUT2D eigenvalue weighted by atomic mass is 9.99. The van der Waals surface area contributed by atoms with Crippen molar-refractivity contribution in [1.82, 2.24) is 27.1 Å². The van der Waals surface area contributed by atoms with Crippen molar-refractivity contribution in [2.45, 2.75) is 51.8 Å². The van der Waals surface area contributed by atoms with Gasteiger partial charge in [-0.1, -0.05) is 24.3 Å². The summed E-state index contributed by atoms with van der Waals surface area (Å²) < 4.78 is 24.6. The minimum absolute atomic E-state index is 0.195. The SMILES string of the molecule is COc1ccc(F)cc1-c1ccc(C[C@H](N[C@@H](C)C(=O)OC(C)(C)C)C(=O)NC2=NNNN2)cc1. The number of guanidine groups is 1. The molecule has 1 amide bonds. The first-order valence-corrected chi connectivity index (χ1v) is 11.1. The number of methoxy groups -OCH3 is 1. The first kappa shape index (κ1) is 25.9. The third-order valence-corrected chi connectivity index (χ3v) is 5.04. The second-order valence-corrected chi connectivity index (χ2v) is 9.03. The smallest absolute Gasteiger partial charge is 0.323 e. The highest BCUT2D eigenvalue weighted by molar-refractivity contribution is 5.99. The predicted molar refractivity (Wildman–Crippen MR) is 129 cm³/mol. The van der Waals surface area contributed by atoms with E-state index in [0.29, 0.717) is 11.3 Å². The minimum Gasteiger partial charge on any atom is -0.496 e. The van der Waals surface area contributed by atoms with E-state index in [4.69, 9.17) is 9.47 Å². The van der Waals surface area contributed by atoms with Gasteiger partial charge in [-0.15, -0.1) is 10.6 Å². The summed E-state index contributed by atoms with van der Waals surface area (Å²) in [6.07, 6.45) is 0.272. The number of rotatable bonds is 8. The van der Waals surface area contributed by atoms with Gasteiger partial charge in [0.1, 0.15) is 23.2 Å². The van der Waals surface area contributed by atoms with Crippen molar-refractivity contribution in [3.05, 3.63) is 53.8 Å². The fraction of sp³-hybridized carbons (Fsp3) is 0.375. The van der Waals surface area contributed by atoms with Gasteiger partial charge in [0.15, 0.2) is 0 Å². The Bertz CT molecular complexity index is 1080. The van der Waals surface area contributed by atoms with Crippen LogP contribution < -0.4 is 31.9 Å². The van der Waals surface area contributed by atoms with E-state index in [1.807, 2.05) is 24.3 Å². The van der Waals surface area contributed by atoms with Crippen LogP contribution in [-0.2, 0) is 20.7 Å². The number of hydrazine groups is 2. The standard InChI is InChI=1S/C24H31FN6O4/c1-14(22(33)35-24(2,3)4)26-19(21(32)27-23-28-30-31-29-23)12-15-6-8-16(9-7-15)18-13-17(25)10-11-20(18)34-5/h6-11,13-14,19,26,30-31H,12H2,1-5H3,(H2,27,28,29,32)/t14-,19-/m0/s1. The quantitative estimate of drug-likeness (QED) is 0.358. The molecule has 2 aromatic carbocycles. The van der Waals surface area contributed by atoms with Crippen LogP contribution in [0.3, 0.4) is 0 Å². The van der Waals surface area contributed by atoms with Crippen LogP contribution in [-0.4, -0.2) is 42.6 Å². The van der Waals surface area contributed by atoms with Gasteiger partial charge in [-0.2, -0.15) is 0 Å². The molecule has 2 aromatic rings. The first-order valence-electron chi connectivity index (χ1n) is 11.1. The number of carbonyl (C=O) groups is 2. The van der Waals surface area contributed by atoms with Crippen molar-refractivity contribution in [3.63, 3.8) is 0 Å². The lowest BCUT2D eigenvalue weighted by Gasteiger charge is -2.26. The average molecular weight is 487 g/mol. The Balaban J connectivity index is 1.78. The number of esters is 1. The lowest BCUT2D eigenvalue weighted by Crippen LogP contribution is -2.55. The molecule has 3 rings (SSSR count). The maximum Gasteiger partial charge on any atom is 0.323 e. The number of hydrogen-bond donors (Lipinski definition) is 5. The second kappa shape index (κ2) is 11.2. The van der Waals surface area contributed by atoms with Gasteiger partial charge in [-0.25, -0.2) is 9.93 Å². The molecule has 0 aliphatic carbocycles. The molecule has 35 heavy (non-hydrogen) atoms. The van der Waals surface area contributed by atoms with Gasteiger partial charge in [0.05, 0.1) is 13.2 Å². The maximum atomic E-state index is 13.8. The lowest BCUT2D eigenvalue weighted by molar-refractivity contribution is -0.157. The molecule has 0 saturated carbocycles. The Morgan fingerprint density at radius 2 is 1.86 bits per heavy atom. The van der Waals surface area contributed by atoms with E-state index in [9.17, 15) is 14.0 Å². The van der Waals surface area contributed by atoms with Crippen LogP contribution in [0.25, 0.3) is 11.1 Å². The number of ether oxygens (including phenoxy) is 2. The van der Waals surface area contributed by atoms with E-state index in [2.05, 4.69) is 32.2 Å². The van der Waals surface area contributed by atoms with Crippen LogP contribution in [0.2, 0.25) is 0 Å². The van der Waals surface area contributed by atoms with E-state index < -0.39 is 29.6 Å². The number of hydrogen-bond acceptors (Lipinski definition) is 9. The van der Waals surface area contributed by atoms with E-state index in [-0.39, 0.29) is 18.2 Å². The molecule has 1 heterocycles. The van der Waals surface area contributed by atoms with Crippen LogP contribution in [0.4, 0.5) is 4.39 Å². The molecule has 0 fully saturated rings. The van der Waals surface area contributed by atoms with Crippen molar-refractivity contribution >= 4 is 17.8 Å². The molecule has 0 aromatic heterocycles. The minimum atomic E-state index is -0.780. The molecular formula is C24H31FN6O4. The fourth-order valence-electron chi connectivity index (χ4n) is 3.41. The molecule has 1 aliphatic rings. The zero-order valence-electron chi connectivity index (χ0n) is 20.4. The summed E-state index contributed by atoms with van der Waals surface area (Å²) >= 11 is 0. The monoisotopic (exact) mass is 486 g/mol. The molecule has 0 unspecified atom stereocenters. The second-order valence-electron chi connectivity index (χ2n) is 9.03. The maximum absolute atomic E-state index is 13.8. The molecule has 5 N–H and O–H groups in total. The van der Waals surface area contributed by atoms with Gasteiger partial charge in [-0.05, 0) is 63.4 Å². The van der Waals surface area contributed by atoms with E-state index in [1.165, 1.54) is 19.2 Å². The van der Waals surface area contributed by atoms with Crippen LogP contribution in [0, 0.1) is 5.82 Å². The summed E-state index contributed by atoms with van der Waals surface area (Å²) in [5.74, 6) is -0.484. The average Bonchev–Trinajstić information content (AvgIpc) is 3.31. The number of halogens is 1. The van der Waals surface area contributed by atoms with Gasteiger partial charge in [0, 0.05) is 5.56 Å². The number of nitrogens with one attached hydrogen (secondary N) is 5. The summed E-state index contributed by atoms with van der Waals surface area (Å²) in [4.78, 5) is 25.5. The van der Waals surface area contributed by atoms with Crippen LogP contribution in [0.5, 0.6) is 5.75 Å². The van der Waals surface area contributed by atoms with Crippen LogP contribution >= 0.6 is 0 Å². The molecule has 0 radical (unpaired) electrons. The Morgan fingerprint density at radius 1 is 1.14 bits per heavy atom. The van der Waals surface area contributed by atoms with Gasteiger partial charge in [-0.3, -0.25) is 25.6 Å². The molecule has 1 aliphatic heterocycles. The molecule has 188 valence electrons. The van der Waals surface area contributed by atoms with Crippen molar-refractivity contribution in [2.24, 2.45) is 5.10 Å². The topological polar surface area (TPSA) is 125 Å². The van der Waals surface area contributed by atoms with Crippen LogP contribution in [0.1, 0.15) is 33.3 Å². The molecular weight excluding hydrogens is 455 g/mol. The molecule has 2 atom stereocenters. The van der Waals surface area contributed by atoms with Gasteiger partial charge in [0.2, 0.25) is 11.9 Å². The van der Waals surface area contributed by atoms with Gasteiger partial charge >= 0.3 is 5.97 Å². The van der Waals surface area contributed by atoms with Gasteiger partial charge < -0.3 is 9.47 Å². The third kappa shape index (κ3) is 7.39. The van der Waals surface area contributed by atoms with E-state index >= 15 is 0 Å². The van der Waals surface area contributed by atoms with Crippen molar-refractivity contribution in [1.29, 1.82) is 0 Å². The zero-order valence-corrected chi connectivity index (χ0v) is 20.4. The molecule has 0 bridgehead atoms. The Hall–Kier alpha value is -3.70. The third-order valence-electron chi connectivity index (χ3n) is 5.04. The summed E-state index contributed by atoms with van der Waals surface area (Å²) in [5, 5.41) is 9.55. The molecule has 10 nitrogen and oxygen atoms in total. The molecule has 11 heteroatoms. The zero-order chi connectivity index (χ0) is 25.6. The fourth-order valence-corrected chi connectivity index (χ4v) is 3.41. The number of hydrazone groups is 1. The van der Waals surface area contributed by atoms with E-state index in [0.717, 1.165) is 11.1 Å².